The molecule has 1 aromatic heterocycles. The molecule has 19 heavy (non-hydrogen) atoms. The minimum absolute atomic E-state index is 0.793. The first-order valence-corrected chi connectivity index (χ1v) is 8.26. The van der Waals surface area contributed by atoms with E-state index in [0.717, 1.165) is 12.6 Å². The lowest BCUT2D eigenvalue weighted by Crippen LogP contribution is -2.15. The summed E-state index contributed by atoms with van der Waals surface area (Å²) in [4.78, 5) is 1.57. The van der Waals surface area contributed by atoms with Crippen molar-refractivity contribution >= 4 is 21.4 Å². The first kappa shape index (κ1) is 13.1. The predicted octanol–water partition coefficient (Wildman–Crippen LogP) is 4.72. The van der Waals surface area contributed by atoms with Crippen LogP contribution in [0.2, 0.25) is 0 Å². The summed E-state index contributed by atoms with van der Waals surface area (Å²) in [5.74, 6) is 0. The molecule has 0 saturated heterocycles. The van der Waals surface area contributed by atoms with Crippen LogP contribution in [0.25, 0.3) is 10.1 Å². The second kappa shape index (κ2) is 5.26. The number of rotatable bonds is 5. The van der Waals surface area contributed by atoms with Gasteiger partial charge in [-0.3, -0.25) is 0 Å². The van der Waals surface area contributed by atoms with Crippen LogP contribution < -0.4 is 5.32 Å². The third-order valence-electron chi connectivity index (χ3n) is 4.06. The average Bonchev–Trinajstić information content (AvgIpc) is 3.15. The summed E-state index contributed by atoms with van der Waals surface area (Å²) in [6.07, 6.45) is 5.18. The number of nitrogens with one attached hydrogen (secondary N) is 1. The van der Waals surface area contributed by atoms with Gasteiger partial charge in [-0.15, -0.1) is 11.3 Å². The maximum absolute atomic E-state index is 3.68. The molecule has 1 aliphatic rings. The van der Waals surface area contributed by atoms with Gasteiger partial charge in [-0.05, 0) is 55.2 Å². The molecule has 0 radical (unpaired) electrons. The molecule has 0 amide bonds. The van der Waals surface area contributed by atoms with Crippen molar-refractivity contribution in [2.45, 2.75) is 59.0 Å². The van der Waals surface area contributed by atoms with Crippen molar-refractivity contribution in [2.75, 3.05) is 0 Å². The standard InChI is InChI=1S/C17H23NS/c1-4-5-14-15(10-18-13-8-9-13)19-17-12(3)7-6-11(2)16(14)17/h6-7,13,18H,4-5,8-10H2,1-3H3. The Labute approximate surface area is 120 Å². The normalized spacial score (nSPS) is 15.3. The van der Waals surface area contributed by atoms with Gasteiger partial charge in [-0.2, -0.15) is 0 Å². The van der Waals surface area contributed by atoms with Crippen LogP contribution in [0.3, 0.4) is 0 Å². The lowest BCUT2D eigenvalue weighted by molar-refractivity contribution is 0.690. The summed E-state index contributed by atoms with van der Waals surface area (Å²) in [7, 11) is 0. The second-order valence-corrected chi connectivity index (χ2v) is 6.92. The molecule has 1 N–H and O–H groups in total. The summed E-state index contributed by atoms with van der Waals surface area (Å²) >= 11 is 2.01. The molecule has 102 valence electrons. The van der Waals surface area contributed by atoms with Gasteiger partial charge in [-0.1, -0.05) is 25.5 Å². The number of fused-ring (bicyclic) bond motifs is 1. The summed E-state index contributed by atoms with van der Waals surface area (Å²) in [6, 6.07) is 5.34. The van der Waals surface area contributed by atoms with Crippen molar-refractivity contribution in [3.8, 4) is 0 Å². The predicted molar refractivity (Wildman–Crippen MR) is 85.2 cm³/mol. The van der Waals surface area contributed by atoms with E-state index < -0.39 is 0 Å². The third kappa shape index (κ3) is 2.56. The molecule has 1 aliphatic carbocycles. The fourth-order valence-corrected chi connectivity index (χ4v) is 4.14. The quantitative estimate of drug-likeness (QED) is 0.831. The van der Waals surface area contributed by atoms with Crippen LogP contribution in [0.1, 0.15) is 47.8 Å². The highest BCUT2D eigenvalue weighted by Crippen LogP contribution is 2.37. The van der Waals surface area contributed by atoms with Crippen molar-refractivity contribution in [2.24, 2.45) is 0 Å². The molecular weight excluding hydrogens is 250 g/mol. The van der Waals surface area contributed by atoms with E-state index in [9.17, 15) is 0 Å². The van der Waals surface area contributed by atoms with E-state index in [1.165, 1.54) is 41.5 Å². The molecular formula is C17H23NS. The largest absolute Gasteiger partial charge is 0.309 e. The fourth-order valence-electron chi connectivity index (χ4n) is 2.80. The third-order valence-corrected chi connectivity index (χ3v) is 5.42. The van der Waals surface area contributed by atoms with Crippen molar-refractivity contribution < 1.29 is 0 Å². The van der Waals surface area contributed by atoms with Crippen molar-refractivity contribution in [1.82, 2.24) is 5.32 Å². The number of hydrogen-bond acceptors (Lipinski definition) is 2. The Balaban J connectivity index is 2.05. The van der Waals surface area contributed by atoms with E-state index in [0.29, 0.717) is 0 Å². The van der Waals surface area contributed by atoms with Crippen molar-refractivity contribution in [3.63, 3.8) is 0 Å². The van der Waals surface area contributed by atoms with Gasteiger partial charge in [0, 0.05) is 22.2 Å². The maximum Gasteiger partial charge on any atom is 0.0380 e. The monoisotopic (exact) mass is 273 g/mol. The zero-order valence-electron chi connectivity index (χ0n) is 12.2. The molecule has 1 aromatic carbocycles. The van der Waals surface area contributed by atoms with Crippen LogP contribution >= 0.6 is 11.3 Å². The Kier molecular flexibility index (Phi) is 3.64. The molecule has 2 aromatic rings. The van der Waals surface area contributed by atoms with E-state index in [1.54, 1.807) is 15.8 Å². The van der Waals surface area contributed by atoms with Crippen LogP contribution in [0.15, 0.2) is 12.1 Å². The van der Waals surface area contributed by atoms with Crippen LogP contribution in [0.5, 0.6) is 0 Å². The highest BCUT2D eigenvalue weighted by molar-refractivity contribution is 7.19. The topological polar surface area (TPSA) is 12.0 Å². The zero-order valence-corrected chi connectivity index (χ0v) is 13.0. The highest BCUT2D eigenvalue weighted by Gasteiger charge is 2.22. The molecule has 0 atom stereocenters. The van der Waals surface area contributed by atoms with E-state index in [2.05, 4.69) is 38.2 Å². The van der Waals surface area contributed by atoms with Crippen molar-refractivity contribution in [3.05, 3.63) is 33.7 Å². The van der Waals surface area contributed by atoms with Gasteiger partial charge < -0.3 is 5.32 Å². The van der Waals surface area contributed by atoms with Crippen molar-refractivity contribution in [1.29, 1.82) is 0 Å². The molecule has 0 aliphatic heterocycles. The average molecular weight is 273 g/mol. The summed E-state index contributed by atoms with van der Waals surface area (Å²) in [5.41, 5.74) is 4.48. The Morgan fingerprint density at radius 1 is 1.21 bits per heavy atom. The van der Waals surface area contributed by atoms with Gasteiger partial charge in [0.15, 0.2) is 0 Å². The molecule has 1 heterocycles. The molecule has 2 heteroatoms. The van der Waals surface area contributed by atoms with E-state index in [4.69, 9.17) is 0 Å². The van der Waals surface area contributed by atoms with Gasteiger partial charge in [0.25, 0.3) is 0 Å². The van der Waals surface area contributed by atoms with E-state index in [1.807, 2.05) is 11.3 Å². The van der Waals surface area contributed by atoms with Gasteiger partial charge >= 0.3 is 0 Å². The Bertz CT molecular complexity index is 593. The Morgan fingerprint density at radius 2 is 1.95 bits per heavy atom. The highest BCUT2D eigenvalue weighted by atomic mass is 32.1. The van der Waals surface area contributed by atoms with Gasteiger partial charge in [0.05, 0.1) is 0 Å². The lowest BCUT2D eigenvalue weighted by Gasteiger charge is -2.06. The Morgan fingerprint density at radius 3 is 2.63 bits per heavy atom. The van der Waals surface area contributed by atoms with Gasteiger partial charge in [0.1, 0.15) is 0 Å². The van der Waals surface area contributed by atoms with E-state index in [-0.39, 0.29) is 0 Å². The molecule has 0 bridgehead atoms. The minimum atomic E-state index is 0.793. The first-order valence-electron chi connectivity index (χ1n) is 7.44. The molecule has 3 rings (SSSR count). The number of benzene rings is 1. The smallest absolute Gasteiger partial charge is 0.0380 e. The van der Waals surface area contributed by atoms with Crippen LogP contribution in [-0.2, 0) is 13.0 Å². The minimum Gasteiger partial charge on any atom is -0.309 e. The summed E-state index contributed by atoms with van der Waals surface area (Å²) in [5, 5.41) is 5.22. The van der Waals surface area contributed by atoms with Gasteiger partial charge in [-0.25, -0.2) is 0 Å². The molecule has 1 fully saturated rings. The molecule has 0 unspecified atom stereocenters. The fraction of sp³-hybridized carbons (Fsp3) is 0.529. The van der Waals surface area contributed by atoms with Crippen LogP contribution in [0, 0.1) is 13.8 Å². The lowest BCUT2D eigenvalue weighted by atomic mass is 10.00. The van der Waals surface area contributed by atoms with Gasteiger partial charge in [0.2, 0.25) is 0 Å². The number of thiophene rings is 1. The molecule has 1 saturated carbocycles. The molecule has 1 nitrogen and oxygen atoms in total. The second-order valence-electron chi connectivity index (χ2n) is 5.81. The Hall–Kier alpha value is -0.860. The van der Waals surface area contributed by atoms with Crippen LogP contribution in [0.4, 0.5) is 0 Å². The number of hydrogen-bond donors (Lipinski definition) is 1. The number of aryl methyl sites for hydroxylation is 3. The molecule has 0 spiro atoms. The zero-order chi connectivity index (χ0) is 13.4. The van der Waals surface area contributed by atoms with E-state index >= 15 is 0 Å². The van der Waals surface area contributed by atoms with Crippen LogP contribution in [-0.4, -0.2) is 6.04 Å². The SMILES string of the molecule is CCCc1c(CNC2CC2)sc2c(C)ccc(C)c12. The summed E-state index contributed by atoms with van der Waals surface area (Å²) in [6.45, 7) is 7.85. The first-order chi connectivity index (χ1) is 9.20. The maximum atomic E-state index is 3.68. The summed E-state index contributed by atoms with van der Waals surface area (Å²) < 4.78 is 1.51.